The molecule has 0 fully saturated rings. The number of hydrogen-bond donors (Lipinski definition) is 2. The van der Waals surface area contributed by atoms with Crippen LogP contribution in [0.5, 0.6) is 0 Å². The van der Waals surface area contributed by atoms with Crippen LogP contribution in [0.2, 0.25) is 0 Å². The molecule has 0 aromatic rings. The summed E-state index contributed by atoms with van der Waals surface area (Å²) in [6.07, 6.45) is 2.61. The molecule has 1 atom stereocenters. The highest BCUT2D eigenvalue weighted by Gasteiger charge is 2.16. The van der Waals surface area contributed by atoms with Crippen molar-refractivity contribution in [2.75, 3.05) is 26.4 Å². The van der Waals surface area contributed by atoms with E-state index in [0.29, 0.717) is 26.4 Å². The Morgan fingerprint density at radius 3 is 2.18 bits per heavy atom. The molecule has 4 nitrogen and oxygen atoms in total. The first-order valence-electron chi connectivity index (χ1n) is 6.41. The smallest absolute Gasteiger partial charge is 0.0741 e. The number of unbranched alkanes of at least 4 members (excludes halogenated alkanes) is 1. The molecule has 4 heteroatoms. The number of ether oxygens (including phenoxy) is 2. The summed E-state index contributed by atoms with van der Waals surface area (Å²) in [6.45, 7) is 10.1. The van der Waals surface area contributed by atoms with E-state index in [4.69, 9.17) is 15.2 Å². The Kier molecular flexibility index (Phi) is 7.96. The molecular weight excluding hydrogens is 218 g/mol. The minimum atomic E-state index is -0.727. The zero-order valence-electron chi connectivity index (χ0n) is 11.8. The maximum Gasteiger partial charge on any atom is 0.0741 e. The standard InChI is InChI=1S/C13H29NO3/c1-12(2,3)17-10-9-16-8-6-5-7-13(4,15)11-14/h15H,5-11,14H2,1-4H3. The highest BCUT2D eigenvalue weighted by atomic mass is 16.5. The molecule has 0 aromatic heterocycles. The van der Waals surface area contributed by atoms with E-state index in [1.54, 1.807) is 6.92 Å². The molecule has 0 aromatic carbocycles. The average molecular weight is 247 g/mol. The molecule has 0 aliphatic rings. The molecular formula is C13H29NO3. The quantitative estimate of drug-likeness (QED) is 0.609. The molecule has 0 saturated heterocycles. The van der Waals surface area contributed by atoms with Crippen molar-refractivity contribution in [3.8, 4) is 0 Å². The molecule has 0 spiro atoms. The third-order valence-corrected chi connectivity index (χ3v) is 2.46. The topological polar surface area (TPSA) is 64.7 Å². The molecule has 0 bridgehead atoms. The van der Waals surface area contributed by atoms with Gasteiger partial charge >= 0.3 is 0 Å². The Bertz CT molecular complexity index is 188. The number of nitrogens with two attached hydrogens (primary N) is 1. The Labute approximate surface area is 105 Å². The predicted molar refractivity (Wildman–Crippen MR) is 70.1 cm³/mol. The van der Waals surface area contributed by atoms with Crippen LogP contribution in [-0.4, -0.2) is 42.7 Å². The van der Waals surface area contributed by atoms with E-state index in [1.807, 2.05) is 20.8 Å². The second-order valence-corrected chi connectivity index (χ2v) is 5.73. The van der Waals surface area contributed by atoms with E-state index in [2.05, 4.69) is 0 Å². The van der Waals surface area contributed by atoms with Crippen LogP contribution in [0.3, 0.4) is 0 Å². The fraction of sp³-hybridized carbons (Fsp3) is 1.00. The third kappa shape index (κ3) is 12.1. The monoisotopic (exact) mass is 247 g/mol. The van der Waals surface area contributed by atoms with Gasteiger partial charge in [-0.25, -0.2) is 0 Å². The first kappa shape index (κ1) is 16.8. The van der Waals surface area contributed by atoms with Crippen molar-refractivity contribution in [2.45, 2.75) is 58.2 Å². The summed E-state index contributed by atoms with van der Waals surface area (Å²) in [5.41, 5.74) is 4.61. The van der Waals surface area contributed by atoms with Crippen LogP contribution in [0.4, 0.5) is 0 Å². The van der Waals surface area contributed by atoms with Gasteiger partial charge < -0.3 is 20.3 Å². The van der Waals surface area contributed by atoms with Crippen molar-refractivity contribution < 1.29 is 14.6 Å². The summed E-state index contributed by atoms with van der Waals surface area (Å²) in [6, 6.07) is 0. The van der Waals surface area contributed by atoms with Crippen LogP contribution in [0.15, 0.2) is 0 Å². The first-order valence-corrected chi connectivity index (χ1v) is 6.41. The highest BCUT2D eigenvalue weighted by Crippen LogP contribution is 2.11. The summed E-state index contributed by atoms with van der Waals surface area (Å²) < 4.78 is 11.0. The van der Waals surface area contributed by atoms with Gasteiger partial charge in [-0.15, -0.1) is 0 Å². The molecule has 3 N–H and O–H groups in total. The van der Waals surface area contributed by atoms with E-state index in [-0.39, 0.29) is 5.60 Å². The molecule has 1 unspecified atom stereocenters. The Balaban J connectivity index is 3.25. The van der Waals surface area contributed by atoms with Crippen molar-refractivity contribution in [3.63, 3.8) is 0 Å². The summed E-state index contributed by atoms with van der Waals surface area (Å²) in [4.78, 5) is 0. The van der Waals surface area contributed by atoms with Gasteiger partial charge in [-0.05, 0) is 47.0 Å². The van der Waals surface area contributed by atoms with Gasteiger partial charge in [0.2, 0.25) is 0 Å². The minimum absolute atomic E-state index is 0.0941. The summed E-state index contributed by atoms with van der Waals surface area (Å²) >= 11 is 0. The zero-order chi connectivity index (χ0) is 13.4. The van der Waals surface area contributed by atoms with Crippen molar-refractivity contribution in [2.24, 2.45) is 5.73 Å². The summed E-state index contributed by atoms with van der Waals surface area (Å²) in [7, 11) is 0. The predicted octanol–water partition coefficient (Wildman–Crippen LogP) is 1.70. The van der Waals surface area contributed by atoms with E-state index >= 15 is 0 Å². The second kappa shape index (κ2) is 8.03. The van der Waals surface area contributed by atoms with Crippen molar-refractivity contribution in [3.05, 3.63) is 0 Å². The molecule has 0 aliphatic carbocycles. The Morgan fingerprint density at radius 1 is 1.00 bits per heavy atom. The highest BCUT2D eigenvalue weighted by molar-refractivity contribution is 4.72. The van der Waals surface area contributed by atoms with Gasteiger partial charge in [0.15, 0.2) is 0 Å². The van der Waals surface area contributed by atoms with Gasteiger partial charge in [0.25, 0.3) is 0 Å². The van der Waals surface area contributed by atoms with Gasteiger partial charge in [-0.2, -0.15) is 0 Å². The van der Waals surface area contributed by atoms with Gasteiger partial charge in [-0.3, -0.25) is 0 Å². The fourth-order valence-electron chi connectivity index (χ4n) is 1.32. The normalized spacial score (nSPS) is 15.9. The lowest BCUT2D eigenvalue weighted by molar-refractivity contribution is -0.0357. The number of hydrogen-bond acceptors (Lipinski definition) is 4. The molecule has 17 heavy (non-hydrogen) atoms. The van der Waals surface area contributed by atoms with Crippen molar-refractivity contribution in [1.82, 2.24) is 0 Å². The molecule has 0 radical (unpaired) electrons. The van der Waals surface area contributed by atoms with E-state index < -0.39 is 5.60 Å². The van der Waals surface area contributed by atoms with Gasteiger partial charge in [-0.1, -0.05) is 0 Å². The number of rotatable bonds is 9. The van der Waals surface area contributed by atoms with Gasteiger partial charge in [0.1, 0.15) is 0 Å². The maximum absolute atomic E-state index is 9.67. The Morgan fingerprint density at radius 2 is 1.65 bits per heavy atom. The SMILES string of the molecule is CC(O)(CN)CCCCOCCOC(C)(C)C. The Hall–Kier alpha value is -0.160. The summed E-state index contributed by atoms with van der Waals surface area (Å²) in [5.74, 6) is 0. The van der Waals surface area contributed by atoms with Gasteiger partial charge in [0, 0.05) is 13.2 Å². The molecule has 104 valence electrons. The van der Waals surface area contributed by atoms with Gasteiger partial charge in [0.05, 0.1) is 24.4 Å². The van der Waals surface area contributed by atoms with Crippen LogP contribution in [0.25, 0.3) is 0 Å². The lowest BCUT2D eigenvalue weighted by Gasteiger charge is -2.21. The van der Waals surface area contributed by atoms with Crippen LogP contribution in [0.1, 0.15) is 47.0 Å². The van der Waals surface area contributed by atoms with Crippen molar-refractivity contribution >= 4 is 0 Å². The molecule has 0 heterocycles. The maximum atomic E-state index is 9.67. The first-order chi connectivity index (χ1) is 7.77. The van der Waals surface area contributed by atoms with Crippen LogP contribution in [0, 0.1) is 0 Å². The number of aliphatic hydroxyl groups is 1. The lowest BCUT2D eigenvalue weighted by Crippen LogP contribution is -2.33. The van der Waals surface area contributed by atoms with Crippen LogP contribution >= 0.6 is 0 Å². The summed E-state index contributed by atoms with van der Waals surface area (Å²) in [5, 5.41) is 9.67. The zero-order valence-corrected chi connectivity index (χ0v) is 11.8. The molecule has 0 amide bonds. The third-order valence-electron chi connectivity index (χ3n) is 2.46. The molecule has 0 rings (SSSR count). The van der Waals surface area contributed by atoms with E-state index in [1.165, 1.54) is 0 Å². The van der Waals surface area contributed by atoms with Crippen molar-refractivity contribution in [1.29, 1.82) is 0 Å². The van der Waals surface area contributed by atoms with Crippen LogP contribution in [-0.2, 0) is 9.47 Å². The minimum Gasteiger partial charge on any atom is -0.389 e. The second-order valence-electron chi connectivity index (χ2n) is 5.73. The fourth-order valence-corrected chi connectivity index (χ4v) is 1.32. The lowest BCUT2D eigenvalue weighted by atomic mass is 10.00. The van der Waals surface area contributed by atoms with E-state index in [0.717, 1.165) is 19.3 Å². The molecule has 0 aliphatic heterocycles. The largest absolute Gasteiger partial charge is 0.389 e. The molecule has 0 saturated carbocycles. The average Bonchev–Trinajstić information content (AvgIpc) is 2.20. The van der Waals surface area contributed by atoms with Crippen LogP contribution < -0.4 is 5.73 Å². The van der Waals surface area contributed by atoms with E-state index in [9.17, 15) is 5.11 Å².